The molecule has 3 aromatic rings. The van der Waals surface area contributed by atoms with E-state index in [1.165, 1.54) is 34.1 Å². The molecule has 2 heterocycles. The number of halogens is 1. The van der Waals surface area contributed by atoms with E-state index in [0.717, 1.165) is 16.3 Å². The predicted octanol–water partition coefficient (Wildman–Crippen LogP) is 3.76. The molecule has 0 amide bonds. The van der Waals surface area contributed by atoms with Crippen LogP contribution in [-0.2, 0) is 16.6 Å². The van der Waals surface area contributed by atoms with Crippen LogP contribution in [0, 0.1) is 12.7 Å². The number of piperazine rings is 1. The fourth-order valence-electron chi connectivity index (χ4n) is 3.32. The van der Waals surface area contributed by atoms with E-state index < -0.39 is 15.8 Å². The molecule has 8 heteroatoms. The summed E-state index contributed by atoms with van der Waals surface area (Å²) in [4.78, 5) is 7.08. The van der Waals surface area contributed by atoms with Crippen LogP contribution < -0.4 is 0 Å². The van der Waals surface area contributed by atoms with Gasteiger partial charge in [-0.1, -0.05) is 29.8 Å². The number of thiazole rings is 1. The summed E-state index contributed by atoms with van der Waals surface area (Å²) in [7, 11) is -3.58. The van der Waals surface area contributed by atoms with Gasteiger partial charge in [0.05, 0.1) is 10.6 Å². The average molecular weight is 432 g/mol. The minimum absolute atomic E-state index is 0.134. The maximum absolute atomic E-state index is 13.1. The Morgan fingerprint density at radius 3 is 2.31 bits per heavy atom. The number of aromatic nitrogens is 1. The third kappa shape index (κ3) is 4.56. The third-order valence-electron chi connectivity index (χ3n) is 5.02. The topological polar surface area (TPSA) is 53.5 Å². The Balaban J connectivity index is 1.37. The second-order valence-corrected chi connectivity index (χ2v) is 9.94. The molecule has 5 nitrogen and oxygen atoms in total. The molecule has 1 fully saturated rings. The predicted molar refractivity (Wildman–Crippen MR) is 113 cm³/mol. The monoisotopic (exact) mass is 431 g/mol. The molecule has 0 radical (unpaired) electrons. The van der Waals surface area contributed by atoms with Crippen LogP contribution in [0.4, 0.5) is 4.39 Å². The number of rotatable bonds is 5. The summed E-state index contributed by atoms with van der Waals surface area (Å²) in [5.41, 5.74) is 3.33. The lowest BCUT2D eigenvalue weighted by molar-refractivity contribution is 0.180. The van der Waals surface area contributed by atoms with Crippen molar-refractivity contribution in [2.24, 2.45) is 0 Å². The molecule has 0 bridgehead atoms. The van der Waals surface area contributed by atoms with Crippen LogP contribution >= 0.6 is 11.3 Å². The van der Waals surface area contributed by atoms with Gasteiger partial charge in [-0.2, -0.15) is 4.31 Å². The van der Waals surface area contributed by atoms with Gasteiger partial charge in [-0.25, -0.2) is 17.8 Å². The number of aryl methyl sites for hydroxylation is 1. The number of hydrogen-bond donors (Lipinski definition) is 0. The van der Waals surface area contributed by atoms with Gasteiger partial charge in [-0.05, 0) is 31.2 Å². The van der Waals surface area contributed by atoms with Crippen LogP contribution in [-0.4, -0.2) is 48.8 Å². The van der Waals surface area contributed by atoms with Crippen LogP contribution in [0.2, 0.25) is 0 Å². The van der Waals surface area contributed by atoms with Crippen molar-refractivity contribution in [2.45, 2.75) is 18.4 Å². The van der Waals surface area contributed by atoms with Crippen molar-refractivity contribution in [3.63, 3.8) is 0 Å². The van der Waals surface area contributed by atoms with Crippen molar-refractivity contribution in [3.8, 4) is 10.6 Å². The normalized spacial score (nSPS) is 16.2. The van der Waals surface area contributed by atoms with E-state index in [1.54, 1.807) is 11.3 Å². The Labute approximate surface area is 174 Å². The molecule has 29 heavy (non-hydrogen) atoms. The summed E-state index contributed by atoms with van der Waals surface area (Å²) in [6, 6.07) is 13.3. The van der Waals surface area contributed by atoms with Gasteiger partial charge >= 0.3 is 0 Å². The van der Waals surface area contributed by atoms with Crippen LogP contribution in [0.25, 0.3) is 10.6 Å². The summed E-state index contributed by atoms with van der Waals surface area (Å²) in [6.45, 7) is 4.86. The van der Waals surface area contributed by atoms with E-state index >= 15 is 0 Å². The lowest BCUT2D eigenvalue weighted by atomic mass is 10.2. The maximum atomic E-state index is 13.1. The Morgan fingerprint density at radius 1 is 1.00 bits per heavy atom. The number of sulfonamides is 1. The molecule has 0 saturated carbocycles. The van der Waals surface area contributed by atoms with Crippen LogP contribution in [0.1, 0.15) is 11.3 Å². The van der Waals surface area contributed by atoms with Gasteiger partial charge in [0.15, 0.2) is 0 Å². The van der Waals surface area contributed by atoms with E-state index in [4.69, 9.17) is 4.98 Å². The van der Waals surface area contributed by atoms with Crippen molar-refractivity contribution < 1.29 is 12.8 Å². The molecular formula is C21H22FN3O2S2. The first-order chi connectivity index (χ1) is 13.9. The summed E-state index contributed by atoms with van der Waals surface area (Å²) >= 11 is 1.63. The Hall–Kier alpha value is -2.13. The zero-order valence-electron chi connectivity index (χ0n) is 16.1. The average Bonchev–Trinajstić information content (AvgIpc) is 3.18. The van der Waals surface area contributed by atoms with E-state index in [9.17, 15) is 12.8 Å². The lowest BCUT2D eigenvalue weighted by Crippen LogP contribution is -2.48. The quantitative estimate of drug-likeness (QED) is 0.617. The van der Waals surface area contributed by atoms with Crippen LogP contribution in [0.3, 0.4) is 0 Å². The SMILES string of the molecule is Cc1ccc(-c2nc(CN3CCN(S(=O)(=O)c4ccc(F)cc4)CC3)cs2)cc1. The van der Waals surface area contributed by atoms with Crippen molar-refractivity contribution in [1.29, 1.82) is 0 Å². The Bertz CT molecular complexity index is 1070. The smallest absolute Gasteiger partial charge is 0.243 e. The van der Waals surface area contributed by atoms with Crippen molar-refractivity contribution in [3.05, 3.63) is 71.0 Å². The summed E-state index contributed by atoms with van der Waals surface area (Å²) in [6.07, 6.45) is 0. The highest BCUT2D eigenvalue weighted by Crippen LogP contribution is 2.25. The second kappa shape index (κ2) is 8.31. The number of hydrogen-bond acceptors (Lipinski definition) is 5. The van der Waals surface area contributed by atoms with Crippen LogP contribution in [0.5, 0.6) is 0 Å². The van der Waals surface area contributed by atoms with E-state index in [-0.39, 0.29) is 4.90 Å². The first-order valence-corrected chi connectivity index (χ1v) is 11.7. The maximum Gasteiger partial charge on any atom is 0.243 e. The van der Waals surface area contributed by atoms with Gasteiger partial charge < -0.3 is 0 Å². The van der Waals surface area contributed by atoms with E-state index in [1.807, 2.05) is 0 Å². The highest BCUT2D eigenvalue weighted by atomic mass is 32.2. The molecule has 0 aliphatic carbocycles. The molecule has 0 N–H and O–H groups in total. The summed E-state index contributed by atoms with van der Waals surface area (Å²) in [5.74, 6) is -0.443. The molecule has 0 atom stereocenters. The minimum atomic E-state index is -3.58. The first kappa shape index (κ1) is 20.2. The van der Waals surface area contributed by atoms with E-state index in [0.29, 0.717) is 32.7 Å². The minimum Gasteiger partial charge on any atom is -0.295 e. The van der Waals surface area contributed by atoms with Gasteiger partial charge in [0.2, 0.25) is 10.0 Å². The second-order valence-electron chi connectivity index (χ2n) is 7.14. The number of benzene rings is 2. The van der Waals surface area contributed by atoms with Gasteiger partial charge in [0.1, 0.15) is 10.8 Å². The van der Waals surface area contributed by atoms with Crippen molar-refractivity contribution >= 4 is 21.4 Å². The molecule has 0 unspecified atom stereocenters. The van der Waals surface area contributed by atoms with E-state index in [2.05, 4.69) is 41.5 Å². The molecule has 1 saturated heterocycles. The standard InChI is InChI=1S/C21H22FN3O2S2/c1-16-2-4-17(5-3-16)21-23-19(15-28-21)14-24-10-12-25(13-11-24)29(26,27)20-8-6-18(22)7-9-20/h2-9,15H,10-14H2,1H3. The van der Waals surface area contributed by atoms with Gasteiger partial charge in [0, 0.05) is 43.7 Å². The highest BCUT2D eigenvalue weighted by Gasteiger charge is 2.28. The molecule has 1 aliphatic heterocycles. The molecule has 4 rings (SSSR count). The molecule has 1 aliphatic rings. The highest BCUT2D eigenvalue weighted by molar-refractivity contribution is 7.89. The Kier molecular flexibility index (Phi) is 5.78. The fraction of sp³-hybridized carbons (Fsp3) is 0.286. The first-order valence-electron chi connectivity index (χ1n) is 9.41. The summed E-state index contributed by atoms with van der Waals surface area (Å²) < 4.78 is 40.0. The van der Waals surface area contributed by atoms with Gasteiger partial charge in [-0.15, -0.1) is 11.3 Å². The molecule has 0 spiro atoms. The van der Waals surface area contributed by atoms with Gasteiger partial charge in [0.25, 0.3) is 0 Å². The fourth-order valence-corrected chi connectivity index (χ4v) is 5.56. The lowest BCUT2D eigenvalue weighted by Gasteiger charge is -2.33. The largest absolute Gasteiger partial charge is 0.295 e. The summed E-state index contributed by atoms with van der Waals surface area (Å²) in [5, 5.41) is 3.06. The zero-order chi connectivity index (χ0) is 20.4. The molecular weight excluding hydrogens is 409 g/mol. The van der Waals surface area contributed by atoms with Crippen LogP contribution in [0.15, 0.2) is 58.8 Å². The Morgan fingerprint density at radius 2 is 1.66 bits per heavy atom. The molecule has 1 aromatic heterocycles. The molecule has 2 aromatic carbocycles. The van der Waals surface area contributed by atoms with Crippen molar-refractivity contribution in [1.82, 2.24) is 14.2 Å². The zero-order valence-corrected chi connectivity index (χ0v) is 17.7. The third-order valence-corrected chi connectivity index (χ3v) is 7.87. The van der Waals surface area contributed by atoms with Crippen molar-refractivity contribution in [2.75, 3.05) is 26.2 Å². The number of nitrogens with zero attached hydrogens (tertiary/aromatic N) is 3. The molecule has 152 valence electrons. The van der Waals surface area contributed by atoms with Gasteiger partial charge in [-0.3, -0.25) is 4.90 Å².